The fourth-order valence-corrected chi connectivity index (χ4v) is 3.07. The lowest BCUT2D eigenvalue weighted by atomic mass is 10.0. The van der Waals surface area contributed by atoms with Gasteiger partial charge in [0.2, 0.25) is 0 Å². The lowest BCUT2D eigenvalue weighted by Crippen LogP contribution is -2.47. The lowest BCUT2D eigenvalue weighted by molar-refractivity contribution is -0.902. The standard InChI is InChI=1S/C20H45N2.ClH/c1-4-5-6-7-8-9-10-11-12-13-14-15-16-17-18-19-20-22(2,3)21;/h4-21H2,1-3H3;1H/q+1;. The number of nitrogens with two attached hydrogens (primary N) is 1. The maximum atomic E-state index is 5.93. The van der Waals surface area contributed by atoms with E-state index >= 15 is 0 Å². The van der Waals surface area contributed by atoms with Crippen molar-refractivity contribution in [1.82, 2.24) is 0 Å². The Kier molecular flexibility index (Phi) is 20.5. The van der Waals surface area contributed by atoms with E-state index in [4.69, 9.17) is 5.84 Å². The number of unbranched alkanes of at least 4 members (excludes halogenated alkanes) is 15. The quantitative estimate of drug-likeness (QED) is 0.136. The van der Waals surface area contributed by atoms with Crippen molar-refractivity contribution in [2.24, 2.45) is 5.84 Å². The van der Waals surface area contributed by atoms with E-state index in [2.05, 4.69) is 21.0 Å². The van der Waals surface area contributed by atoms with Crippen molar-refractivity contribution in [3.8, 4) is 0 Å². The Bertz CT molecular complexity index is 214. The molecule has 0 fully saturated rings. The third-order valence-electron chi connectivity index (χ3n) is 4.59. The topological polar surface area (TPSA) is 26.0 Å². The van der Waals surface area contributed by atoms with Crippen molar-refractivity contribution in [3.05, 3.63) is 0 Å². The maximum absolute atomic E-state index is 5.93. The summed E-state index contributed by atoms with van der Waals surface area (Å²) in [5, 5.41) is 0. The number of hydrogen-bond acceptors (Lipinski definition) is 1. The van der Waals surface area contributed by atoms with Crippen LogP contribution in [0, 0.1) is 0 Å². The van der Waals surface area contributed by atoms with Crippen molar-refractivity contribution in [2.75, 3.05) is 20.6 Å². The summed E-state index contributed by atoms with van der Waals surface area (Å²) in [7, 11) is 4.15. The van der Waals surface area contributed by atoms with E-state index in [0.29, 0.717) is 4.59 Å². The van der Waals surface area contributed by atoms with E-state index in [1.54, 1.807) is 0 Å². The Balaban J connectivity index is 0. The summed E-state index contributed by atoms with van der Waals surface area (Å²) < 4.78 is 0.624. The molecule has 0 spiro atoms. The zero-order chi connectivity index (χ0) is 16.5. The molecule has 2 nitrogen and oxygen atoms in total. The zero-order valence-corrected chi connectivity index (χ0v) is 17.3. The molecular formula is C20H46ClN2+. The van der Waals surface area contributed by atoms with Crippen LogP contribution in [0.25, 0.3) is 0 Å². The molecule has 0 aromatic carbocycles. The number of nitrogens with zero attached hydrogens (tertiary/aromatic N) is 1. The first-order chi connectivity index (χ1) is 10.6. The van der Waals surface area contributed by atoms with E-state index in [-0.39, 0.29) is 12.4 Å². The van der Waals surface area contributed by atoms with E-state index in [1.165, 1.54) is 103 Å². The van der Waals surface area contributed by atoms with Gasteiger partial charge in [-0.3, -0.25) is 4.59 Å². The molecule has 0 aromatic heterocycles. The number of halogens is 1. The third-order valence-corrected chi connectivity index (χ3v) is 4.59. The average Bonchev–Trinajstić information content (AvgIpc) is 2.45. The molecule has 3 heteroatoms. The average molecular weight is 350 g/mol. The Morgan fingerprint density at radius 2 is 0.783 bits per heavy atom. The van der Waals surface area contributed by atoms with Gasteiger partial charge in [-0.1, -0.05) is 96.8 Å². The minimum atomic E-state index is 0. The molecule has 0 atom stereocenters. The Labute approximate surface area is 153 Å². The van der Waals surface area contributed by atoms with Gasteiger partial charge in [-0.25, -0.2) is 0 Å². The molecule has 2 N–H and O–H groups in total. The normalized spacial score (nSPS) is 11.5. The molecule has 0 unspecified atom stereocenters. The van der Waals surface area contributed by atoms with Crippen LogP contribution in [-0.2, 0) is 0 Å². The summed E-state index contributed by atoms with van der Waals surface area (Å²) in [5.74, 6) is 5.93. The van der Waals surface area contributed by atoms with Gasteiger partial charge in [-0.2, -0.15) is 5.84 Å². The number of hydrogen-bond donors (Lipinski definition) is 1. The van der Waals surface area contributed by atoms with Crippen molar-refractivity contribution in [1.29, 1.82) is 0 Å². The first kappa shape index (κ1) is 25.5. The second kappa shape index (κ2) is 18.5. The van der Waals surface area contributed by atoms with Gasteiger partial charge in [0.25, 0.3) is 0 Å². The molecule has 0 rings (SSSR count). The molecular weight excluding hydrogens is 304 g/mol. The number of quaternary nitrogens is 1. The molecule has 0 aromatic rings. The molecule has 142 valence electrons. The molecule has 0 aliphatic heterocycles. The fourth-order valence-electron chi connectivity index (χ4n) is 3.07. The largest absolute Gasteiger partial charge is 0.253 e. The monoisotopic (exact) mass is 349 g/mol. The van der Waals surface area contributed by atoms with E-state index < -0.39 is 0 Å². The van der Waals surface area contributed by atoms with Gasteiger partial charge in [0.05, 0.1) is 20.6 Å². The van der Waals surface area contributed by atoms with Gasteiger partial charge >= 0.3 is 0 Å². The first-order valence-corrected chi connectivity index (χ1v) is 10.2. The predicted molar refractivity (Wildman–Crippen MR) is 108 cm³/mol. The van der Waals surface area contributed by atoms with Gasteiger partial charge in [0, 0.05) is 0 Å². The Morgan fingerprint density at radius 1 is 0.522 bits per heavy atom. The van der Waals surface area contributed by atoms with E-state index in [0.717, 1.165) is 6.54 Å². The molecule has 0 amide bonds. The molecule has 0 heterocycles. The summed E-state index contributed by atoms with van der Waals surface area (Å²) in [4.78, 5) is 0. The van der Waals surface area contributed by atoms with Crippen LogP contribution in [0.4, 0.5) is 0 Å². The van der Waals surface area contributed by atoms with Crippen LogP contribution < -0.4 is 5.84 Å². The van der Waals surface area contributed by atoms with Crippen molar-refractivity contribution in [3.63, 3.8) is 0 Å². The highest BCUT2D eigenvalue weighted by atomic mass is 35.5. The van der Waals surface area contributed by atoms with Crippen molar-refractivity contribution >= 4 is 12.4 Å². The highest BCUT2D eigenvalue weighted by molar-refractivity contribution is 5.85. The maximum Gasteiger partial charge on any atom is 0.0955 e. The highest BCUT2D eigenvalue weighted by Gasteiger charge is 2.06. The SMILES string of the molecule is CCCCCCCCCCCCCCCCCC[N+](C)(C)N.Cl. The molecule has 0 aliphatic rings. The Morgan fingerprint density at radius 3 is 1.04 bits per heavy atom. The van der Waals surface area contributed by atoms with Crippen LogP contribution in [0.3, 0.4) is 0 Å². The minimum Gasteiger partial charge on any atom is -0.253 e. The van der Waals surface area contributed by atoms with Crippen LogP contribution >= 0.6 is 12.4 Å². The van der Waals surface area contributed by atoms with Crippen LogP contribution in [0.5, 0.6) is 0 Å². The molecule has 0 saturated heterocycles. The van der Waals surface area contributed by atoms with Gasteiger partial charge in [-0.05, 0) is 12.8 Å². The molecule has 23 heavy (non-hydrogen) atoms. The van der Waals surface area contributed by atoms with E-state index in [1.807, 2.05) is 0 Å². The first-order valence-electron chi connectivity index (χ1n) is 10.2. The second-order valence-electron chi connectivity index (χ2n) is 7.81. The summed E-state index contributed by atoms with van der Waals surface area (Å²) in [6.07, 6.45) is 22.9. The molecule has 0 saturated carbocycles. The van der Waals surface area contributed by atoms with Crippen LogP contribution in [0.2, 0.25) is 0 Å². The minimum absolute atomic E-state index is 0. The van der Waals surface area contributed by atoms with Crippen LogP contribution in [-0.4, -0.2) is 25.2 Å². The van der Waals surface area contributed by atoms with Crippen LogP contribution in [0.1, 0.15) is 110 Å². The predicted octanol–water partition coefficient (Wildman–Crippen LogP) is 6.62. The third kappa shape index (κ3) is 24.6. The lowest BCUT2D eigenvalue weighted by Gasteiger charge is -2.21. The summed E-state index contributed by atoms with van der Waals surface area (Å²) in [6, 6.07) is 0. The van der Waals surface area contributed by atoms with Gasteiger partial charge < -0.3 is 0 Å². The van der Waals surface area contributed by atoms with Gasteiger partial charge in [-0.15, -0.1) is 12.4 Å². The van der Waals surface area contributed by atoms with Crippen LogP contribution in [0.15, 0.2) is 0 Å². The molecule has 0 bridgehead atoms. The van der Waals surface area contributed by atoms with E-state index in [9.17, 15) is 0 Å². The zero-order valence-electron chi connectivity index (χ0n) is 16.5. The Hall–Kier alpha value is 0.210. The van der Waals surface area contributed by atoms with Crippen molar-refractivity contribution in [2.45, 2.75) is 110 Å². The second-order valence-corrected chi connectivity index (χ2v) is 7.81. The smallest absolute Gasteiger partial charge is 0.0955 e. The molecule has 0 aliphatic carbocycles. The highest BCUT2D eigenvalue weighted by Crippen LogP contribution is 2.13. The molecule has 0 radical (unpaired) electrons. The van der Waals surface area contributed by atoms with Gasteiger partial charge in [0.15, 0.2) is 0 Å². The summed E-state index contributed by atoms with van der Waals surface area (Å²) in [5.41, 5.74) is 0. The summed E-state index contributed by atoms with van der Waals surface area (Å²) in [6.45, 7) is 3.40. The summed E-state index contributed by atoms with van der Waals surface area (Å²) >= 11 is 0. The fraction of sp³-hybridized carbons (Fsp3) is 1.00. The van der Waals surface area contributed by atoms with Crippen molar-refractivity contribution < 1.29 is 4.59 Å². The van der Waals surface area contributed by atoms with Gasteiger partial charge in [0.1, 0.15) is 0 Å². The number of rotatable bonds is 17.